The first-order valence-corrected chi connectivity index (χ1v) is 9.43. The van der Waals surface area contributed by atoms with Crippen molar-refractivity contribution in [3.63, 3.8) is 0 Å². The zero-order valence-corrected chi connectivity index (χ0v) is 16.4. The van der Waals surface area contributed by atoms with Gasteiger partial charge < -0.3 is 9.84 Å². The van der Waals surface area contributed by atoms with Crippen molar-refractivity contribution in [2.45, 2.75) is 26.6 Å². The van der Waals surface area contributed by atoms with Gasteiger partial charge in [0.25, 0.3) is 0 Å². The molecule has 142 valence electrons. The SMILES string of the molecule is CNCc1cc(C2N=CC=CN2c2onc(C)c2C)ccc1-c1ccccc1. The summed E-state index contributed by atoms with van der Waals surface area (Å²) in [6, 6.07) is 17.0. The number of rotatable bonds is 5. The van der Waals surface area contributed by atoms with Crippen LogP contribution in [-0.4, -0.2) is 18.4 Å². The number of anilines is 1. The number of aromatic nitrogens is 1. The number of nitrogens with one attached hydrogen (secondary N) is 1. The van der Waals surface area contributed by atoms with Crippen LogP contribution in [0, 0.1) is 13.8 Å². The summed E-state index contributed by atoms with van der Waals surface area (Å²) in [5.41, 5.74) is 6.72. The van der Waals surface area contributed by atoms with Gasteiger partial charge in [-0.15, -0.1) is 0 Å². The summed E-state index contributed by atoms with van der Waals surface area (Å²) in [4.78, 5) is 6.76. The van der Waals surface area contributed by atoms with Crippen molar-refractivity contribution in [2.24, 2.45) is 4.99 Å². The van der Waals surface area contributed by atoms with Crippen LogP contribution >= 0.6 is 0 Å². The first kappa shape index (κ1) is 18.2. The third kappa shape index (κ3) is 3.37. The summed E-state index contributed by atoms with van der Waals surface area (Å²) < 4.78 is 5.60. The van der Waals surface area contributed by atoms with E-state index in [0.29, 0.717) is 0 Å². The van der Waals surface area contributed by atoms with E-state index in [1.165, 1.54) is 16.7 Å². The van der Waals surface area contributed by atoms with E-state index in [4.69, 9.17) is 9.52 Å². The van der Waals surface area contributed by atoms with E-state index < -0.39 is 0 Å². The minimum Gasteiger partial charge on any atom is -0.338 e. The van der Waals surface area contributed by atoms with Crippen LogP contribution in [0.25, 0.3) is 11.1 Å². The van der Waals surface area contributed by atoms with E-state index in [9.17, 15) is 0 Å². The standard InChI is InChI=1S/C23H24N4O/c1-16-17(2)26-28-23(16)27-13-7-12-25-22(27)19-10-11-21(20(14-19)15-24-3)18-8-5-4-6-9-18/h4-14,22,24H,15H2,1-3H3. The van der Waals surface area contributed by atoms with Gasteiger partial charge in [-0.1, -0.05) is 47.6 Å². The quantitative estimate of drug-likeness (QED) is 0.700. The third-order valence-corrected chi connectivity index (χ3v) is 5.07. The number of benzene rings is 2. The predicted molar refractivity (Wildman–Crippen MR) is 113 cm³/mol. The second kappa shape index (κ2) is 7.82. The maximum atomic E-state index is 5.60. The molecule has 5 heteroatoms. The summed E-state index contributed by atoms with van der Waals surface area (Å²) in [7, 11) is 1.97. The highest BCUT2D eigenvalue weighted by Crippen LogP contribution is 2.35. The van der Waals surface area contributed by atoms with Crippen LogP contribution in [0.3, 0.4) is 0 Å². The molecule has 3 aromatic rings. The highest BCUT2D eigenvalue weighted by molar-refractivity contribution is 5.75. The second-order valence-corrected chi connectivity index (χ2v) is 6.93. The molecular weight excluding hydrogens is 348 g/mol. The minimum atomic E-state index is -0.184. The van der Waals surface area contributed by atoms with E-state index in [-0.39, 0.29) is 6.17 Å². The largest absolute Gasteiger partial charge is 0.338 e. The fraction of sp³-hybridized carbons (Fsp3) is 0.217. The molecule has 1 unspecified atom stereocenters. The highest BCUT2D eigenvalue weighted by atomic mass is 16.5. The van der Waals surface area contributed by atoms with Crippen LogP contribution < -0.4 is 10.2 Å². The Balaban J connectivity index is 1.75. The molecule has 1 atom stereocenters. The van der Waals surface area contributed by atoms with E-state index in [0.717, 1.165) is 29.2 Å². The normalized spacial score (nSPS) is 16.0. The maximum absolute atomic E-state index is 5.60. The van der Waals surface area contributed by atoms with Crippen molar-refractivity contribution >= 4 is 12.1 Å². The molecule has 1 N–H and O–H groups in total. The molecule has 1 aromatic heterocycles. The average Bonchev–Trinajstić information content (AvgIpc) is 3.07. The van der Waals surface area contributed by atoms with Gasteiger partial charge in [0, 0.05) is 24.5 Å². The lowest BCUT2D eigenvalue weighted by atomic mass is 9.96. The van der Waals surface area contributed by atoms with Crippen molar-refractivity contribution in [2.75, 3.05) is 11.9 Å². The number of hydrogen-bond donors (Lipinski definition) is 1. The van der Waals surface area contributed by atoms with Crippen molar-refractivity contribution in [3.05, 3.63) is 83.2 Å². The Bertz CT molecular complexity index is 1020. The lowest BCUT2D eigenvalue weighted by molar-refractivity contribution is 0.410. The lowest BCUT2D eigenvalue weighted by Gasteiger charge is -2.28. The Kier molecular flexibility index (Phi) is 5.08. The maximum Gasteiger partial charge on any atom is 0.236 e. The first-order chi connectivity index (χ1) is 13.7. The number of nitrogens with zero attached hydrogens (tertiary/aromatic N) is 3. The summed E-state index contributed by atoms with van der Waals surface area (Å²) in [6.45, 7) is 4.76. The van der Waals surface area contributed by atoms with E-state index in [1.807, 2.05) is 50.4 Å². The Morgan fingerprint density at radius 3 is 2.64 bits per heavy atom. The van der Waals surface area contributed by atoms with Gasteiger partial charge in [-0.25, -0.2) is 0 Å². The molecule has 4 rings (SSSR count). The predicted octanol–water partition coefficient (Wildman–Crippen LogP) is 4.78. The van der Waals surface area contributed by atoms with Crippen LogP contribution in [0.5, 0.6) is 0 Å². The molecule has 0 saturated carbocycles. The molecule has 1 aliphatic heterocycles. The molecule has 0 bridgehead atoms. The number of aliphatic imine (C=N–C) groups is 1. The van der Waals surface area contributed by atoms with E-state index in [2.05, 4.69) is 52.9 Å². The van der Waals surface area contributed by atoms with Gasteiger partial charge in [-0.05, 0) is 55.3 Å². The number of hydrogen-bond acceptors (Lipinski definition) is 5. The van der Waals surface area contributed by atoms with Gasteiger partial charge in [-0.2, -0.15) is 0 Å². The van der Waals surface area contributed by atoms with Crippen LogP contribution in [-0.2, 0) is 6.54 Å². The third-order valence-electron chi connectivity index (χ3n) is 5.07. The molecule has 0 fully saturated rings. The zero-order valence-electron chi connectivity index (χ0n) is 16.4. The summed E-state index contributed by atoms with van der Waals surface area (Å²) >= 11 is 0. The molecule has 0 amide bonds. The summed E-state index contributed by atoms with van der Waals surface area (Å²) in [5.74, 6) is 0.734. The average molecular weight is 372 g/mol. The molecule has 5 nitrogen and oxygen atoms in total. The Morgan fingerprint density at radius 2 is 1.93 bits per heavy atom. The van der Waals surface area contributed by atoms with Gasteiger partial charge in [0.1, 0.15) is 0 Å². The summed E-state index contributed by atoms with van der Waals surface area (Å²) in [6.07, 6.45) is 5.56. The van der Waals surface area contributed by atoms with Crippen molar-refractivity contribution in [3.8, 4) is 11.1 Å². The highest BCUT2D eigenvalue weighted by Gasteiger charge is 2.25. The fourth-order valence-electron chi connectivity index (χ4n) is 3.50. The molecule has 2 heterocycles. The van der Waals surface area contributed by atoms with Crippen molar-refractivity contribution < 1.29 is 4.52 Å². The van der Waals surface area contributed by atoms with Gasteiger partial charge in [0.05, 0.1) is 5.69 Å². The van der Waals surface area contributed by atoms with E-state index in [1.54, 1.807) is 0 Å². The van der Waals surface area contributed by atoms with Crippen molar-refractivity contribution in [1.29, 1.82) is 0 Å². The monoisotopic (exact) mass is 372 g/mol. The smallest absolute Gasteiger partial charge is 0.236 e. The van der Waals surface area contributed by atoms with Gasteiger partial charge in [-0.3, -0.25) is 9.89 Å². The Hall–Kier alpha value is -3.18. The molecule has 1 aliphatic rings. The molecular formula is C23H24N4O. The van der Waals surface area contributed by atoms with Crippen LogP contribution in [0.4, 0.5) is 5.88 Å². The lowest BCUT2D eigenvalue weighted by Crippen LogP contribution is -2.24. The molecule has 0 saturated heterocycles. The van der Waals surface area contributed by atoms with Gasteiger partial charge in [0.15, 0.2) is 6.17 Å². The molecule has 28 heavy (non-hydrogen) atoms. The molecule has 0 aliphatic carbocycles. The number of aryl methyl sites for hydroxylation is 1. The fourth-order valence-corrected chi connectivity index (χ4v) is 3.50. The van der Waals surface area contributed by atoms with Crippen molar-refractivity contribution in [1.82, 2.24) is 10.5 Å². The first-order valence-electron chi connectivity index (χ1n) is 9.43. The molecule has 0 spiro atoms. The zero-order chi connectivity index (χ0) is 19.5. The second-order valence-electron chi connectivity index (χ2n) is 6.93. The van der Waals surface area contributed by atoms with Gasteiger partial charge in [0.2, 0.25) is 5.88 Å². The molecule has 0 radical (unpaired) electrons. The summed E-state index contributed by atoms with van der Waals surface area (Å²) in [5, 5.41) is 7.39. The van der Waals surface area contributed by atoms with Crippen LogP contribution in [0.15, 0.2) is 70.3 Å². The topological polar surface area (TPSA) is 53.7 Å². The Labute approximate surface area is 165 Å². The van der Waals surface area contributed by atoms with Crippen LogP contribution in [0.1, 0.15) is 28.6 Å². The molecule has 2 aromatic carbocycles. The minimum absolute atomic E-state index is 0.184. The number of allylic oxidation sites excluding steroid dienone is 1. The van der Waals surface area contributed by atoms with Crippen LogP contribution in [0.2, 0.25) is 0 Å². The van der Waals surface area contributed by atoms with E-state index >= 15 is 0 Å². The van der Waals surface area contributed by atoms with Gasteiger partial charge >= 0.3 is 0 Å². The Morgan fingerprint density at radius 1 is 1.11 bits per heavy atom.